The zero-order valence-corrected chi connectivity index (χ0v) is 12.6. The molecule has 2 aromatic rings. The third-order valence-corrected chi connectivity index (χ3v) is 4.22. The van der Waals surface area contributed by atoms with Gasteiger partial charge in [-0.15, -0.1) is 0 Å². The number of aromatic carboxylic acids is 3. The van der Waals surface area contributed by atoms with E-state index in [0.29, 0.717) is 6.07 Å². The molecule has 0 heterocycles. The Balaban J connectivity index is 3.45. The molecule has 0 saturated heterocycles. The van der Waals surface area contributed by atoms with Crippen LogP contribution in [0.5, 0.6) is 11.5 Å². The van der Waals surface area contributed by atoms with Crippen molar-refractivity contribution in [3.05, 3.63) is 28.8 Å². The predicted molar refractivity (Wildman–Crippen MR) is 78.0 cm³/mol. The molecule has 0 aromatic heterocycles. The molecule has 2 rings (SSSR count). The van der Waals surface area contributed by atoms with E-state index in [2.05, 4.69) is 0 Å². The van der Waals surface area contributed by atoms with Crippen LogP contribution in [0, 0.1) is 0 Å². The van der Waals surface area contributed by atoms with Crippen LogP contribution in [0.15, 0.2) is 17.0 Å². The number of aromatic hydroxyl groups is 2. The minimum atomic E-state index is -5.36. The number of carbonyl (C=O) groups is 3. The number of fused-ring (bicyclic) bond motifs is 1. The zero-order valence-electron chi connectivity index (χ0n) is 11.8. The Morgan fingerprint density at radius 2 is 1.28 bits per heavy atom. The lowest BCUT2D eigenvalue weighted by Gasteiger charge is -2.16. The molecule has 11 nitrogen and oxygen atoms in total. The minimum Gasteiger partial charge on any atom is -0.504 e. The SMILES string of the molecule is O=C(O)c1c(C(=O)O)c(C(=O)O)c2c(O)c(O)ccc2c1S(=O)(=O)O. The van der Waals surface area contributed by atoms with Crippen molar-refractivity contribution in [2.45, 2.75) is 4.90 Å². The minimum absolute atomic E-state index is 0.712. The predicted octanol–water partition coefficient (Wildman–Crippen LogP) is 0.592. The number of benzene rings is 2. The summed E-state index contributed by atoms with van der Waals surface area (Å²) in [5.74, 6) is -8.39. The van der Waals surface area contributed by atoms with Gasteiger partial charge in [-0.25, -0.2) is 14.4 Å². The molecule has 0 atom stereocenters. The van der Waals surface area contributed by atoms with Crippen molar-refractivity contribution in [1.29, 1.82) is 0 Å². The van der Waals surface area contributed by atoms with Crippen LogP contribution in [0.2, 0.25) is 0 Å². The van der Waals surface area contributed by atoms with Gasteiger partial charge in [0.1, 0.15) is 4.90 Å². The molecule has 0 spiro atoms. The summed E-state index contributed by atoms with van der Waals surface area (Å²) in [6.45, 7) is 0. The number of carboxylic acids is 3. The van der Waals surface area contributed by atoms with Gasteiger partial charge in [0.15, 0.2) is 11.5 Å². The number of phenolic OH excluding ortho intramolecular Hbond substituents is 2. The molecule has 6 N–H and O–H groups in total. The number of phenols is 2. The first-order valence-corrected chi connectivity index (χ1v) is 7.55. The van der Waals surface area contributed by atoms with Crippen LogP contribution in [0.1, 0.15) is 31.1 Å². The van der Waals surface area contributed by atoms with E-state index < -0.39 is 71.9 Å². The number of hydrogen-bond acceptors (Lipinski definition) is 7. The molecule has 0 radical (unpaired) electrons. The topological polar surface area (TPSA) is 207 Å². The van der Waals surface area contributed by atoms with E-state index >= 15 is 0 Å². The largest absolute Gasteiger partial charge is 0.504 e. The first-order chi connectivity index (χ1) is 11.4. The third-order valence-electron chi connectivity index (χ3n) is 3.28. The van der Waals surface area contributed by atoms with Crippen molar-refractivity contribution < 1.29 is 52.9 Å². The van der Waals surface area contributed by atoms with Crippen LogP contribution in [-0.2, 0) is 10.1 Å². The molecular formula is C13H8O11S. The van der Waals surface area contributed by atoms with Crippen LogP contribution < -0.4 is 0 Å². The molecular weight excluding hydrogens is 364 g/mol. The molecule has 12 heteroatoms. The fourth-order valence-electron chi connectivity index (χ4n) is 2.42. The fourth-order valence-corrected chi connectivity index (χ4v) is 3.32. The van der Waals surface area contributed by atoms with Crippen molar-refractivity contribution in [3.63, 3.8) is 0 Å². The van der Waals surface area contributed by atoms with E-state index in [1.165, 1.54) is 0 Å². The number of carboxylic acid groups (broad SMARTS) is 3. The molecule has 0 saturated carbocycles. The molecule has 0 bridgehead atoms. The van der Waals surface area contributed by atoms with E-state index in [1.807, 2.05) is 0 Å². The van der Waals surface area contributed by atoms with Crippen molar-refractivity contribution in [1.82, 2.24) is 0 Å². The highest BCUT2D eigenvalue weighted by Gasteiger charge is 2.36. The summed E-state index contributed by atoms with van der Waals surface area (Å²) in [6, 6.07) is 1.43. The van der Waals surface area contributed by atoms with Gasteiger partial charge in [-0.2, -0.15) is 8.42 Å². The summed E-state index contributed by atoms with van der Waals surface area (Å²) in [7, 11) is -5.36. The lowest BCUT2D eigenvalue weighted by molar-refractivity contribution is 0.0632. The van der Waals surface area contributed by atoms with E-state index in [9.17, 15) is 52.9 Å². The first kappa shape index (κ1) is 18.0. The van der Waals surface area contributed by atoms with Gasteiger partial charge in [0.2, 0.25) is 0 Å². The van der Waals surface area contributed by atoms with Crippen molar-refractivity contribution in [3.8, 4) is 11.5 Å². The lowest BCUT2D eigenvalue weighted by atomic mass is 9.92. The number of hydrogen-bond donors (Lipinski definition) is 6. The summed E-state index contributed by atoms with van der Waals surface area (Å²) in [5.41, 5.74) is -4.24. The molecule has 132 valence electrons. The van der Waals surface area contributed by atoms with Gasteiger partial charge in [0.25, 0.3) is 10.1 Å². The van der Waals surface area contributed by atoms with Crippen LogP contribution in [-0.4, -0.2) is 56.4 Å². The van der Waals surface area contributed by atoms with Crippen molar-refractivity contribution >= 4 is 38.8 Å². The Kier molecular flexibility index (Phi) is 4.03. The van der Waals surface area contributed by atoms with Crippen LogP contribution >= 0.6 is 0 Å². The smallest absolute Gasteiger partial charge is 0.338 e. The Hall–Kier alpha value is -3.38. The molecule has 0 fully saturated rings. The quantitative estimate of drug-likeness (QED) is 0.323. The van der Waals surface area contributed by atoms with Gasteiger partial charge >= 0.3 is 17.9 Å². The third kappa shape index (κ3) is 2.68. The van der Waals surface area contributed by atoms with Gasteiger partial charge in [0, 0.05) is 10.8 Å². The molecule has 0 unspecified atom stereocenters. The van der Waals surface area contributed by atoms with Crippen molar-refractivity contribution in [2.75, 3.05) is 0 Å². The second-order valence-electron chi connectivity index (χ2n) is 4.70. The Morgan fingerprint density at radius 3 is 1.68 bits per heavy atom. The highest BCUT2D eigenvalue weighted by molar-refractivity contribution is 7.86. The molecule has 0 aliphatic heterocycles. The average Bonchev–Trinajstić information content (AvgIpc) is 2.46. The standard InChI is InChI=1S/C13H8O11S/c14-4-2-1-3-5(9(4)15)6(11(16)17)7(12(18)19)8(13(20)21)10(3)25(22,23)24/h1-2,14-15H,(H,16,17)(H,18,19)(H,20,21)(H,22,23,24). The van der Waals surface area contributed by atoms with Crippen molar-refractivity contribution in [2.24, 2.45) is 0 Å². The van der Waals surface area contributed by atoms with E-state index in [4.69, 9.17) is 0 Å². The molecule has 0 aliphatic rings. The lowest BCUT2D eigenvalue weighted by Crippen LogP contribution is -2.20. The van der Waals surface area contributed by atoms with Gasteiger partial charge in [-0.1, -0.05) is 0 Å². The maximum atomic E-state index is 11.6. The monoisotopic (exact) mass is 372 g/mol. The maximum Gasteiger partial charge on any atom is 0.338 e. The van der Waals surface area contributed by atoms with Gasteiger partial charge in [-0.05, 0) is 12.1 Å². The van der Waals surface area contributed by atoms with Gasteiger partial charge in [-0.3, -0.25) is 4.55 Å². The molecule has 25 heavy (non-hydrogen) atoms. The summed E-state index contributed by atoms with van der Waals surface area (Å²) in [6.07, 6.45) is 0. The zero-order chi connectivity index (χ0) is 19.3. The summed E-state index contributed by atoms with van der Waals surface area (Å²) >= 11 is 0. The van der Waals surface area contributed by atoms with Gasteiger partial charge < -0.3 is 25.5 Å². The highest BCUT2D eigenvalue weighted by Crippen LogP contribution is 2.42. The maximum absolute atomic E-state index is 11.6. The summed E-state index contributed by atoms with van der Waals surface area (Å²) < 4.78 is 32.6. The van der Waals surface area contributed by atoms with E-state index in [0.717, 1.165) is 6.07 Å². The Bertz CT molecular complexity index is 1070. The van der Waals surface area contributed by atoms with E-state index in [-0.39, 0.29) is 0 Å². The normalized spacial score (nSPS) is 11.4. The van der Waals surface area contributed by atoms with E-state index in [1.54, 1.807) is 0 Å². The van der Waals surface area contributed by atoms with Crippen LogP contribution in [0.4, 0.5) is 0 Å². The second kappa shape index (κ2) is 5.61. The molecule has 2 aromatic carbocycles. The van der Waals surface area contributed by atoms with Crippen LogP contribution in [0.25, 0.3) is 10.8 Å². The molecule has 0 aliphatic carbocycles. The Morgan fingerprint density at radius 1 is 0.800 bits per heavy atom. The van der Waals surface area contributed by atoms with Crippen LogP contribution in [0.3, 0.4) is 0 Å². The summed E-state index contributed by atoms with van der Waals surface area (Å²) in [4.78, 5) is 32.9. The Labute approximate surface area is 137 Å². The summed E-state index contributed by atoms with van der Waals surface area (Å²) in [5, 5.41) is 45.3. The fraction of sp³-hybridized carbons (Fsp3) is 0. The molecule has 0 amide bonds. The average molecular weight is 372 g/mol. The highest BCUT2D eigenvalue weighted by atomic mass is 32.2. The number of rotatable bonds is 4. The van der Waals surface area contributed by atoms with Gasteiger partial charge in [0.05, 0.1) is 16.7 Å². The first-order valence-electron chi connectivity index (χ1n) is 6.11. The second-order valence-corrected chi connectivity index (χ2v) is 6.06.